The first-order valence-electron chi connectivity index (χ1n) is 5.96. The van der Waals surface area contributed by atoms with Crippen LogP contribution in [0.25, 0.3) is 22.0 Å². The van der Waals surface area contributed by atoms with Gasteiger partial charge in [-0.25, -0.2) is 4.39 Å². The van der Waals surface area contributed by atoms with Gasteiger partial charge in [-0.05, 0) is 48.4 Å². The molecule has 0 amide bonds. The molecule has 1 heterocycles. The van der Waals surface area contributed by atoms with Crippen LogP contribution in [0.2, 0.25) is 5.02 Å². The summed E-state index contributed by atoms with van der Waals surface area (Å²) in [5, 5.41) is 1.20. The summed E-state index contributed by atoms with van der Waals surface area (Å²) in [4.78, 5) is 4.41. The van der Waals surface area contributed by atoms with E-state index in [4.69, 9.17) is 11.6 Å². The third-order valence-corrected chi connectivity index (χ3v) is 3.37. The Morgan fingerprint density at radius 2 is 1.95 bits per heavy atom. The number of rotatable bonds is 1. The number of nitrogens with zero attached hydrogens (tertiary/aromatic N) is 1. The number of aromatic nitrogens is 1. The molecule has 2 aromatic carbocycles. The Bertz CT molecular complexity index is 768. The van der Waals surface area contributed by atoms with Crippen LogP contribution in [0.15, 0.2) is 48.7 Å². The van der Waals surface area contributed by atoms with E-state index in [1.807, 2.05) is 25.1 Å². The molecule has 0 spiro atoms. The van der Waals surface area contributed by atoms with Gasteiger partial charge in [0.1, 0.15) is 5.82 Å². The standard InChI is InChI=1S/C16H11ClFN/c1-10-7-12-3-2-6-19-16(12)13(8-10)11-4-5-15(18)14(17)9-11/h2-9H,1H3. The second-order valence-corrected chi connectivity index (χ2v) is 4.92. The lowest BCUT2D eigenvalue weighted by Gasteiger charge is -2.08. The second kappa shape index (κ2) is 4.63. The molecule has 0 aliphatic rings. The highest BCUT2D eigenvalue weighted by Gasteiger charge is 2.08. The van der Waals surface area contributed by atoms with Gasteiger partial charge in [-0.1, -0.05) is 23.7 Å². The Morgan fingerprint density at radius 1 is 1.11 bits per heavy atom. The Hall–Kier alpha value is -1.93. The summed E-state index contributed by atoms with van der Waals surface area (Å²) in [6.07, 6.45) is 1.76. The van der Waals surface area contributed by atoms with E-state index in [0.717, 1.165) is 27.6 Å². The Kier molecular flexibility index (Phi) is 2.96. The third-order valence-electron chi connectivity index (χ3n) is 3.08. The molecular weight excluding hydrogens is 261 g/mol. The smallest absolute Gasteiger partial charge is 0.141 e. The van der Waals surface area contributed by atoms with Crippen LogP contribution < -0.4 is 0 Å². The van der Waals surface area contributed by atoms with Crippen LogP contribution in [0.1, 0.15) is 5.56 Å². The molecule has 19 heavy (non-hydrogen) atoms. The zero-order valence-corrected chi connectivity index (χ0v) is 11.1. The van der Waals surface area contributed by atoms with Crippen molar-refractivity contribution in [1.82, 2.24) is 4.98 Å². The maximum absolute atomic E-state index is 13.3. The Morgan fingerprint density at radius 3 is 2.74 bits per heavy atom. The molecule has 3 rings (SSSR count). The lowest BCUT2D eigenvalue weighted by molar-refractivity contribution is 0.628. The van der Waals surface area contributed by atoms with E-state index in [-0.39, 0.29) is 5.02 Å². The van der Waals surface area contributed by atoms with Gasteiger partial charge in [0.15, 0.2) is 0 Å². The average molecular weight is 272 g/mol. The molecule has 1 nitrogen and oxygen atoms in total. The quantitative estimate of drug-likeness (QED) is 0.607. The number of hydrogen-bond acceptors (Lipinski definition) is 1. The SMILES string of the molecule is Cc1cc(-c2ccc(F)c(Cl)c2)c2ncccc2c1. The summed E-state index contributed by atoms with van der Waals surface area (Å²) in [6, 6.07) is 12.8. The van der Waals surface area contributed by atoms with Crippen LogP contribution in [0.4, 0.5) is 4.39 Å². The first-order chi connectivity index (χ1) is 9.15. The molecule has 0 aliphatic carbocycles. The van der Waals surface area contributed by atoms with E-state index in [1.165, 1.54) is 6.07 Å². The molecule has 3 heteroatoms. The molecular formula is C16H11ClFN. The largest absolute Gasteiger partial charge is 0.256 e. The number of benzene rings is 2. The Balaban J connectivity index is 2.32. The molecule has 3 aromatic rings. The summed E-state index contributed by atoms with van der Waals surface area (Å²) in [6.45, 7) is 2.03. The number of hydrogen-bond donors (Lipinski definition) is 0. The maximum atomic E-state index is 13.3. The van der Waals surface area contributed by atoms with E-state index >= 15 is 0 Å². The van der Waals surface area contributed by atoms with Crippen LogP contribution in [-0.4, -0.2) is 4.98 Å². The Labute approximate surface area is 115 Å². The van der Waals surface area contributed by atoms with Crippen molar-refractivity contribution in [2.24, 2.45) is 0 Å². The molecule has 1 aromatic heterocycles. The fourth-order valence-electron chi connectivity index (χ4n) is 2.23. The van der Waals surface area contributed by atoms with Gasteiger partial charge in [0.05, 0.1) is 10.5 Å². The summed E-state index contributed by atoms with van der Waals surface area (Å²) in [7, 11) is 0. The van der Waals surface area contributed by atoms with Crippen LogP contribution >= 0.6 is 11.6 Å². The van der Waals surface area contributed by atoms with Gasteiger partial charge in [0, 0.05) is 17.1 Å². The van der Waals surface area contributed by atoms with Crippen molar-refractivity contribution in [1.29, 1.82) is 0 Å². The van der Waals surface area contributed by atoms with Crippen molar-refractivity contribution < 1.29 is 4.39 Å². The van der Waals surface area contributed by atoms with Crippen LogP contribution in [-0.2, 0) is 0 Å². The molecule has 0 bridgehead atoms. The first kappa shape index (κ1) is 12.1. The predicted octanol–water partition coefficient (Wildman–Crippen LogP) is 5.00. The number of aryl methyl sites for hydroxylation is 1. The summed E-state index contributed by atoms with van der Waals surface area (Å²) < 4.78 is 13.3. The molecule has 0 aliphatic heterocycles. The van der Waals surface area contributed by atoms with E-state index in [0.29, 0.717) is 0 Å². The van der Waals surface area contributed by atoms with Gasteiger partial charge in [0.25, 0.3) is 0 Å². The number of fused-ring (bicyclic) bond motifs is 1. The summed E-state index contributed by atoms with van der Waals surface area (Å²) in [5.41, 5.74) is 3.88. The third kappa shape index (κ3) is 2.20. The second-order valence-electron chi connectivity index (χ2n) is 4.52. The van der Waals surface area contributed by atoms with E-state index in [9.17, 15) is 4.39 Å². The highest BCUT2D eigenvalue weighted by molar-refractivity contribution is 6.31. The molecule has 0 radical (unpaired) electrons. The summed E-state index contributed by atoms with van der Waals surface area (Å²) in [5.74, 6) is -0.407. The van der Waals surface area contributed by atoms with Crippen molar-refractivity contribution in [2.45, 2.75) is 6.92 Å². The van der Waals surface area contributed by atoms with Crippen molar-refractivity contribution in [3.8, 4) is 11.1 Å². The number of pyridine rings is 1. The minimum Gasteiger partial charge on any atom is -0.256 e. The number of halogens is 2. The van der Waals surface area contributed by atoms with Crippen molar-refractivity contribution in [2.75, 3.05) is 0 Å². The van der Waals surface area contributed by atoms with E-state index in [2.05, 4.69) is 11.1 Å². The minimum absolute atomic E-state index is 0.128. The first-order valence-corrected chi connectivity index (χ1v) is 6.34. The van der Waals surface area contributed by atoms with Crippen molar-refractivity contribution >= 4 is 22.5 Å². The fraction of sp³-hybridized carbons (Fsp3) is 0.0625. The molecule has 0 N–H and O–H groups in total. The zero-order valence-electron chi connectivity index (χ0n) is 10.3. The van der Waals surface area contributed by atoms with Crippen LogP contribution in [0.3, 0.4) is 0 Å². The lowest BCUT2D eigenvalue weighted by Crippen LogP contribution is -1.87. The molecule has 0 saturated carbocycles. The molecule has 0 atom stereocenters. The predicted molar refractivity (Wildman–Crippen MR) is 76.9 cm³/mol. The highest BCUT2D eigenvalue weighted by Crippen LogP contribution is 2.30. The lowest BCUT2D eigenvalue weighted by atomic mass is 9.99. The van der Waals surface area contributed by atoms with Gasteiger partial charge in [-0.15, -0.1) is 0 Å². The maximum Gasteiger partial charge on any atom is 0.141 e. The molecule has 0 fully saturated rings. The van der Waals surface area contributed by atoms with Gasteiger partial charge in [0.2, 0.25) is 0 Å². The zero-order chi connectivity index (χ0) is 13.4. The van der Waals surface area contributed by atoms with Crippen LogP contribution in [0, 0.1) is 12.7 Å². The van der Waals surface area contributed by atoms with Crippen molar-refractivity contribution in [3.63, 3.8) is 0 Å². The van der Waals surface area contributed by atoms with Gasteiger partial charge in [-0.2, -0.15) is 0 Å². The van der Waals surface area contributed by atoms with Gasteiger partial charge >= 0.3 is 0 Å². The normalized spacial score (nSPS) is 10.9. The molecule has 0 unspecified atom stereocenters. The highest BCUT2D eigenvalue weighted by atomic mass is 35.5. The molecule has 94 valence electrons. The van der Waals surface area contributed by atoms with Crippen molar-refractivity contribution in [3.05, 3.63) is 65.1 Å². The van der Waals surface area contributed by atoms with Gasteiger partial charge in [-0.3, -0.25) is 4.98 Å². The minimum atomic E-state index is -0.407. The van der Waals surface area contributed by atoms with E-state index < -0.39 is 5.82 Å². The molecule has 0 saturated heterocycles. The summed E-state index contributed by atoms with van der Waals surface area (Å²) >= 11 is 5.86. The van der Waals surface area contributed by atoms with E-state index in [1.54, 1.807) is 18.3 Å². The van der Waals surface area contributed by atoms with Gasteiger partial charge < -0.3 is 0 Å². The fourth-order valence-corrected chi connectivity index (χ4v) is 2.41. The monoisotopic (exact) mass is 271 g/mol. The average Bonchev–Trinajstić information content (AvgIpc) is 2.41. The topological polar surface area (TPSA) is 12.9 Å². The van der Waals surface area contributed by atoms with Crippen LogP contribution in [0.5, 0.6) is 0 Å².